The van der Waals surface area contributed by atoms with Crippen molar-refractivity contribution in [3.63, 3.8) is 0 Å². The molecule has 2 rings (SSSR count). The number of hydrogen-bond acceptors (Lipinski definition) is 4. The predicted octanol–water partition coefficient (Wildman–Crippen LogP) is 3.52. The van der Waals surface area contributed by atoms with E-state index in [-0.39, 0.29) is 0 Å². The van der Waals surface area contributed by atoms with E-state index in [1.54, 1.807) is 6.33 Å². The molecule has 0 radical (unpaired) electrons. The lowest BCUT2D eigenvalue weighted by Crippen LogP contribution is -2.24. The first kappa shape index (κ1) is 13.6. The Morgan fingerprint density at radius 2 is 2.00 bits per heavy atom. The summed E-state index contributed by atoms with van der Waals surface area (Å²) < 4.78 is 0.913. The molecule has 18 heavy (non-hydrogen) atoms. The second kappa shape index (κ2) is 6.36. The Balaban J connectivity index is 1.97. The van der Waals surface area contributed by atoms with Gasteiger partial charge in [-0.15, -0.1) is 0 Å². The average molecular weight is 313 g/mol. The summed E-state index contributed by atoms with van der Waals surface area (Å²) in [6.45, 7) is 3.36. The van der Waals surface area contributed by atoms with E-state index in [9.17, 15) is 0 Å². The highest BCUT2D eigenvalue weighted by atomic mass is 79.9. The van der Waals surface area contributed by atoms with Gasteiger partial charge in [0, 0.05) is 13.6 Å². The monoisotopic (exact) mass is 312 g/mol. The Hall–Kier alpha value is -0.840. The van der Waals surface area contributed by atoms with Crippen LogP contribution in [-0.4, -0.2) is 23.6 Å². The third kappa shape index (κ3) is 3.13. The fourth-order valence-corrected chi connectivity index (χ4v) is 3.13. The van der Waals surface area contributed by atoms with Crippen LogP contribution in [0.2, 0.25) is 0 Å². The third-order valence-corrected chi connectivity index (χ3v) is 4.60. The van der Waals surface area contributed by atoms with Crippen molar-refractivity contribution in [1.29, 1.82) is 0 Å². The lowest BCUT2D eigenvalue weighted by atomic mass is 9.80. The van der Waals surface area contributed by atoms with Crippen molar-refractivity contribution >= 4 is 27.6 Å². The standard InChI is InChI=1S/C13H21BrN4/c1-9-5-3-4-6-10(9)7-16-13-11(14)12(15-2)17-8-18-13/h8-10H,3-7H2,1-2H3,(H2,15,16,17,18). The topological polar surface area (TPSA) is 49.8 Å². The number of halogens is 1. The predicted molar refractivity (Wildman–Crippen MR) is 78.9 cm³/mol. The van der Waals surface area contributed by atoms with Crippen LogP contribution in [-0.2, 0) is 0 Å². The molecule has 1 aromatic rings. The molecule has 1 aromatic heterocycles. The van der Waals surface area contributed by atoms with Gasteiger partial charge in [-0.2, -0.15) is 0 Å². The van der Waals surface area contributed by atoms with Crippen LogP contribution in [0, 0.1) is 11.8 Å². The molecule has 2 N–H and O–H groups in total. The van der Waals surface area contributed by atoms with Crippen LogP contribution in [0.25, 0.3) is 0 Å². The van der Waals surface area contributed by atoms with Crippen LogP contribution in [0.1, 0.15) is 32.6 Å². The highest BCUT2D eigenvalue weighted by Gasteiger charge is 2.21. The Bertz CT molecular complexity index is 397. The van der Waals surface area contributed by atoms with E-state index < -0.39 is 0 Å². The van der Waals surface area contributed by atoms with Crippen LogP contribution < -0.4 is 10.6 Å². The summed E-state index contributed by atoms with van der Waals surface area (Å²) in [5.41, 5.74) is 0. The summed E-state index contributed by atoms with van der Waals surface area (Å²) in [5, 5.41) is 6.49. The highest BCUT2D eigenvalue weighted by molar-refractivity contribution is 9.10. The first-order valence-electron chi connectivity index (χ1n) is 6.64. The molecule has 5 heteroatoms. The molecule has 1 aliphatic carbocycles. The van der Waals surface area contributed by atoms with Crippen molar-refractivity contribution in [1.82, 2.24) is 9.97 Å². The fraction of sp³-hybridized carbons (Fsp3) is 0.692. The second-order valence-corrected chi connectivity index (χ2v) is 5.83. The molecule has 0 saturated heterocycles. The molecule has 0 aromatic carbocycles. The van der Waals surface area contributed by atoms with E-state index in [0.29, 0.717) is 0 Å². The van der Waals surface area contributed by atoms with Crippen LogP contribution in [0.5, 0.6) is 0 Å². The molecule has 4 nitrogen and oxygen atoms in total. The second-order valence-electron chi connectivity index (χ2n) is 5.04. The summed E-state index contributed by atoms with van der Waals surface area (Å²) in [4.78, 5) is 8.45. The Morgan fingerprint density at radius 1 is 1.28 bits per heavy atom. The number of aromatic nitrogens is 2. The zero-order valence-corrected chi connectivity index (χ0v) is 12.6. The largest absolute Gasteiger partial charge is 0.372 e. The summed E-state index contributed by atoms with van der Waals surface area (Å²) in [5.74, 6) is 3.28. The van der Waals surface area contributed by atoms with Crippen LogP contribution >= 0.6 is 15.9 Å². The molecule has 2 unspecified atom stereocenters. The van der Waals surface area contributed by atoms with Gasteiger partial charge in [0.15, 0.2) is 0 Å². The van der Waals surface area contributed by atoms with Crippen molar-refractivity contribution in [2.45, 2.75) is 32.6 Å². The van der Waals surface area contributed by atoms with E-state index in [1.807, 2.05) is 7.05 Å². The van der Waals surface area contributed by atoms with E-state index >= 15 is 0 Å². The lowest BCUT2D eigenvalue weighted by Gasteiger charge is -2.29. The number of nitrogens with zero attached hydrogens (tertiary/aromatic N) is 2. The van der Waals surface area contributed by atoms with Gasteiger partial charge >= 0.3 is 0 Å². The smallest absolute Gasteiger partial charge is 0.145 e. The van der Waals surface area contributed by atoms with Gasteiger partial charge in [-0.05, 0) is 34.2 Å². The quantitative estimate of drug-likeness (QED) is 0.893. The fourth-order valence-electron chi connectivity index (χ4n) is 2.59. The number of nitrogens with one attached hydrogen (secondary N) is 2. The zero-order chi connectivity index (χ0) is 13.0. The molecule has 0 amide bonds. The summed E-state index contributed by atoms with van der Waals surface area (Å²) in [6, 6.07) is 0. The van der Waals surface area contributed by atoms with E-state index in [1.165, 1.54) is 25.7 Å². The van der Waals surface area contributed by atoms with Crippen molar-refractivity contribution in [2.75, 3.05) is 24.2 Å². The maximum Gasteiger partial charge on any atom is 0.145 e. The summed E-state index contributed by atoms with van der Waals surface area (Å²) in [7, 11) is 1.86. The van der Waals surface area contributed by atoms with Crippen LogP contribution in [0.15, 0.2) is 10.8 Å². The van der Waals surface area contributed by atoms with Gasteiger partial charge in [-0.3, -0.25) is 0 Å². The average Bonchev–Trinajstić information content (AvgIpc) is 2.39. The molecule has 0 bridgehead atoms. The van der Waals surface area contributed by atoms with Gasteiger partial charge in [0.2, 0.25) is 0 Å². The first-order chi connectivity index (χ1) is 8.72. The van der Waals surface area contributed by atoms with Crippen molar-refractivity contribution in [3.8, 4) is 0 Å². The van der Waals surface area contributed by atoms with Gasteiger partial charge in [-0.1, -0.05) is 26.2 Å². The molecule has 100 valence electrons. The molecular weight excluding hydrogens is 292 g/mol. The van der Waals surface area contributed by atoms with E-state index in [0.717, 1.165) is 34.5 Å². The lowest BCUT2D eigenvalue weighted by molar-refractivity contribution is 0.268. The minimum atomic E-state index is 0.763. The first-order valence-corrected chi connectivity index (χ1v) is 7.43. The van der Waals surface area contributed by atoms with Gasteiger partial charge in [0.05, 0.1) is 0 Å². The molecule has 1 aliphatic rings. The van der Waals surface area contributed by atoms with E-state index in [4.69, 9.17) is 0 Å². The molecule has 0 aliphatic heterocycles. The van der Waals surface area contributed by atoms with Gasteiger partial charge in [0.25, 0.3) is 0 Å². The molecule has 0 spiro atoms. The van der Waals surface area contributed by atoms with Gasteiger partial charge < -0.3 is 10.6 Å². The van der Waals surface area contributed by atoms with Gasteiger partial charge in [0.1, 0.15) is 22.4 Å². The van der Waals surface area contributed by atoms with Gasteiger partial charge in [-0.25, -0.2) is 9.97 Å². The summed E-state index contributed by atoms with van der Waals surface area (Å²) >= 11 is 3.53. The highest BCUT2D eigenvalue weighted by Crippen LogP contribution is 2.31. The molecule has 1 saturated carbocycles. The van der Waals surface area contributed by atoms with Crippen LogP contribution in [0.3, 0.4) is 0 Å². The van der Waals surface area contributed by atoms with Crippen molar-refractivity contribution in [3.05, 3.63) is 10.8 Å². The normalized spacial score (nSPS) is 23.7. The molecule has 1 heterocycles. The number of hydrogen-bond donors (Lipinski definition) is 2. The molecule has 2 atom stereocenters. The molecular formula is C13H21BrN4. The van der Waals surface area contributed by atoms with E-state index in [2.05, 4.69) is 43.5 Å². The Kier molecular flexibility index (Phi) is 4.80. The number of anilines is 2. The zero-order valence-electron chi connectivity index (χ0n) is 11.0. The molecule has 1 fully saturated rings. The Morgan fingerprint density at radius 3 is 2.72 bits per heavy atom. The Labute approximate surface area is 117 Å². The SMILES string of the molecule is CNc1ncnc(NCC2CCCCC2C)c1Br. The van der Waals surface area contributed by atoms with Crippen molar-refractivity contribution in [2.24, 2.45) is 11.8 Å². The maximum absolute atomic E-state index is 4.29. The minimum absolute atomic E-state index is 0.763. The van der Waals surface area contributed by atoms with Crippen LogP contribution in [0.4, 0.5) is 11.6 Å². The maximum atomic E-state index is 4.29. The third-order valence-electron chi connectivity index (χ3n) is 3.85. The number of rotatable bonds is 4. The minimum Gasteiger partial charge on any atom is -0.372 e. The summed E-state index contributed by atoms with van der Waals surface area (Å²) in [6.07, 6.45) is 7.03. The van der Waals surface area contributed by atoms with Crippen molar-refractivity contribution < 1.29 is 0 Å².